The lowest BCUT2D eigenvalue weighted by atomic mass is 10.0. The topological polar surface area (TPSA) is 155 Å². The maximum atomic E-state index is 14.6. The van der Waals surface area contributed by atoms with Gasteiger partial charge in [-0.2, -0.15) is 15.5 Å². The zero-order valence-electron chi connectivity index (χ0n) is 25.1. The summed E-state index contributed by atoms with van der Waals surface area (Å²) in [5.74, 6) is -1.67. The van der Waals surface area contributed by atoms with Crippen LogP contribution in [0, 0.1) is 30.0 Å². The largest absolute Gasteiger partial charge is 0.496 e. The maximum Gasteiger partial charge on any atom is 0.333 e. The smallest absolute Gasteiger partial charge is 0.333 e. The predicted octanol–water partition coefficient (Wildman–Crippen LogP) is 3.14. The number of hydrogen-bond acceptors (Lipinski definition) is 11. The van der Waals surface area contributed by atoms with Gasteiger partial charge in [0.25, 0.3) is 5.56 Å². The summed E-state index contributed by atoms with van der Waals surface area (Å²) in [5.41, 5.74) is -2.85. The van der Waals surface area contributed by atoms with Gasteiger partial charge in [0.1, 0.15) is 33.0 Å². The minimum absolute atomic E-state index is 0.0439. The van der Waals surface area contributed by atoms with Crippen molar-refractivity contribution in [2.24, 2.45) is 16.1 Å². The quantitative estimate of drug-likeness (QED) is 0.222. The van der Waals surface area contributed by atoms with Crippen LogP contribution in [-0.4, -0.2) is 71.4 Å². The molecule has 3 heterocycles. The van der Waals surface area contributed by atoms with Crippen molar-refractivity contribution in [1.82, 2.24) is 14.0 Å². The monoisotopic (exact) mass is 627 g/mol. The molecule has 0 amide bonds. The molecule has 1 saturated heterocycles. The third kappa shape index (κ3) is 6.01. The van der Waals surface area contributed by atoms with Gasteiger partial charge in [-0.05, 0) is 45.9 Å². The molecule has 3 aromatic rings. The fourth-order valence-electron chi connectivity index (χ4n) is 5.06. The van der Waals surface area contributed by atoms with E-state index in [0.29, 0.717) is 46.1 Å². The van der Waals surface area contributed by atoms with Gasteiger partial charge in [0, 0.05) is 43.7 Å². The Morgan fingerprint density at radius 1 is 1.39 bits per heavy atom. The number of aromatic nitrogens is 2. The number of fused-ring (bicyclic) bond motifs is 1. The van der Waals surface area contributed by atoms with Gasteiger partial charge in [-0.3, -0.25) is 14.3 Å². The summed E-state index contributed by atoms with van der Waals surface area (Å²) in [4.78, 5) is 42.5. The second-order valence-corrected chi connectivity index (χ2v) is 11.7. The zero-order valence-corrected chi connectivity index (χ0v) is 25.9. The van der Waals surface area contributed by atoms with Crippen molar-refractivity contribution in [2.45, 2.75) is 45.9 Å². The van der Waals surface area contributed by atoms with Gasteiger partial charge in [-0.1, -0.05) is 11.3 Å². The van der Waals surface area contributed by atoms with E-state index in [0.717, 1.165) is 11.3 Å². The number of nitrogens with zero attached hydrogens (tertiary/aromatic N) is 7. The van der Waals surface area contributed by atoms with E-state index in [-0.39, 0.29) is 29.3 Å². The molecular weight excluding hydrogens is 593 g/mol. The second kappa shape index (κ2) is 13.1. The molecule has 1 aliphatic rings. The number of anilines is 1. The molecular formula is C29H34FN7O6S. The predicted molar refractivity (Wildman–Crippen MR) is 165 cm³/mol. The lowest BCUT2D eigenvalue weighted by molar-refractivity contribution is -0.146. The molecule has 13 nitrogen and oxygen atoms in total. The molecule has 1 aliphatic heterocycles. The summed E-state index contributed by atoms with van der Waals surface area (Å²) >= 11 is 1.05. The standard InChI is InChI=1S/C29H34FN7O6S/c1-7-33-37(32-5)25-17(2)23-24(38)36(29(3,4)27(39)40)28(41)35(26(23)44-25)16-22(20-12-19(30)8-9-21(20)42-6)43-11-10-34-14-18(13-31)15-34/h7-9,12,18,22H,5,10-11,14-16H2,1-4,6H3,(H,39,40)/b33-7-/t22-/m0/s1. The number of aliphatic carboxylic acids is 1. The first-order valence-corrected chi connectivity index (χ1v) is 14.6. The minimum Gasteiger partial charge on any atom is -0.496 e. The molecule has 44 heavy (non-hydrogen) atoms. The van der Waals surface area contributed by atoms with Gasteiger partial charge in [0.15, 0.2) is 0 Å². The van der Waals surface area contributed by atoms with E-state index in [1.54, 1.807) is 13.8 Å². The first kappa shape index (κ1) is 32.5. The fourth-order valence-corrected chi connectivity index (χ4v) is 6.29. The van der Waals surface area contributed by atoms with Crippen LogP contribution in [0.4, 0.5) is 9.39 Å². The molecule has 2 aromatic heterocycles. The van der Waals surface area contributed by atoms with Gasteiger partial charge in [0.2, 0.25) is 0 Å². The Morgan fingerprint density at radius 3 is 2.68 bits per heavy atom. The van der Waals surface area contributed by atoms with E-state index >= 15 is 0 Å². The van der Waals surface area contributed by atoms with E-state index in [9.17, 15) is 23.9 Å². The molecule has 1 aromatic carbocycles. The number of likely N-dealkylation sites (tertiary alicyclic amines) is 1. The highest BCUT2D eigenvalue weighted by Gasteiger charge is 2.36. The van der Waals surface area contributed by atoms with E-state index in [1.165, 1.54) is 55.1 Å². The maximum absolute atomic E-state index is 14.6. The number of methoxy groups -OCH3 is 1. The Morgan fingerprint density at radius 2 is 2.09 bits per heavy atom. The van der Waals surface area contributed by atoms with Gasteiger partial charge < -0.3 is 14.6 Å². The van der Waals surface area contributed by atoms with Crippen LogP contribution in [0.25, 0.3) is 10.2 Å². The molecule has 0 saturated carbocycles. The Balaban J connectivity index is 1.92. The molecule has 234 valence electrons. The van der Waals surface area contributed by atoms with Crippen LogP contribution in [0.5, 0.6) is 5.75 Å². The number of nitriles is 1. The summed E-state index contributed by atoms with van der Waals surface area (Å²) < 4.78 is 28.3. The normalized spacial score (nSPS) is 14.8. The third-order valence-electron chi connectivity index (χ3n) is 7.56. The minimum atomic E-state index is -1.92. The van der Waals surface area contributed by atoms with Gasteiger partial charge in [-0.15, -0.1) is 5.12 Å². The number of carbonyl (C=O) groups is 1. The van der Waals surface area contributed by atoms with Crippen LogP contribution in [0.2, 0.25) is 0 Å². The lowest BCUT2D eigenvalue weighted by Gasteiger charge is -2.35. The van der Waals surface area contributed by atoms with Crippen molar-refractivity contribution in [3.8, 4) is 11.8 Å². The summed E-state index contributed by atoms with van der Waals surface area (Å²) in [6.45, 7) is 11.1. The number of rotatable bonds is 13. The van der Waals surface area contributed by atoms with E-state index in [4.69, 9.17) is 14.7 Å². The number of hydrazone groups is 2. The summed E-state index contributed by atoms with van der Waals surface area (Å²) in [5, 5.41) is 28.9. The van der Waals surface area contributed by atoms with Gasteiger partial charge in [0.05, 0.1) is 37.6 Å². The van der Waals surface area contributed by atoms with Crippen LogP contribution < -0.4 is 21.1 Å². The van der Waals surface area contributed by atoms with E-state index in [2.05, 4.69) is 23.0 Å². The Hall–Kier alpha value is -4.39. The highest BCUT2D eigenvalue weighted by Crippen LogP contribution is 2.38. The number of benzene rings is 1. The average Bonchev–Trinajstić information content (AvgIpc) is 3.30. The van der Waals surface area contributed by atoms with Crippen molar-refractivity contribution in [3.63, 3.8) is 0 Å². The van der Waals surface area contributed by atoms with E-state index in [1.807, 2.05) is 4.90 Å². The number of carboxylic acids is 1. The molecule has 15 heteroatoms. The highest BCUT2D eigenvalue weighted by molar-refractivity contribution is 7.22. The molecule has 0 unspecified atom stereocenters. The number of hydrogen-bond donors (Lipinski definition) is 1. The van der Waals surface area contributed by atoms with Crippen molar-refractivity contribution in [3.05, 3.63) is 56.0 Å². The molecule has 0 spiro atoms. The Bertz CT molecular complexity index is 1770. The van der Waals surface area contributed by atoms with Gasteiger partial charge in [-0.25, -0.2) is 18.5 Å². The van der Waals surface area contributed by atoms with Crippen LogP contribution in [0.15, 0.2) is 38.0 Å². The summed E-state index contributed by atoms with van der Waals surface area (Å²) in [6.07, 6.45) is 0.524. The van der Waals surface area contributed by atoms with Gasteiger partial charge >= 0.3 is 11.7 Å². The number of thiophene rings is 1. The Labute approximate surface area is 256 Å². The summed E-state index contributed by atoms with van der Waals surface area (Å²) in [6, 6.07) is 6.16. The highest BCUT2D eigenvalue weighted by atomic mass is 32.1. The van der Waals surface area contributed by atoms with Crippen molar-refractivity contribution in [2.75, 3.05) is 38.5 Å². The first-order valence-electron chi connectivity index (χ1n) is 13.7. The second-order valence-electron chi connectivity index (χ2n) is 10.7. The van der Waals surface area contributed by atoms with Crippen LogP contribution in [0.1, 0.15) is 38.0 Å². The van der Waals surface area contributed by atoms with E-state index < -0.39 is 34.7 Å². The van der Waals surface area contributed by atoms with Crippen LogP contribution in [-0.2, 0) is 21.6 Å². The average molecular weight is 628 g/mol. The molecule has 0 radical (unpaired) electrons. The lowest BCUT2D eigenvalue weighted by Crippen LogP contribution is -2.52. The number of ether oxygens (including phenoxy) is 2. The van der Waals surface area contributed by atoms with Crippen molar-refractivity contribution < 1.29 is 23.8 Å². The molecule has 1 N–H and O–H groups in total. The SMILES string of the molecule is C=NN(/N=C\C)c1sc2c(c1C)c(=O)n(C(C)(C)C(=O)O)c(=O)n2C[C@H](OCCN1CC(C#N)C1)c1cc(F)ccc1OC. The molecule has 4 rings (SSSR count). The summed E-state index contributed by atoms with van der Waals surface area (Å²) in [7, 11) is 1.43. The Kier molecular flexibility index (Phi) is 9.67. The number of halogens is 1. The fraction of sp³-hybridized carbons (Fsp3) is 0.448. The number of aryl methyl sites for hydroxylation is 1. The van der Waals surface area contributed by atoms with Crippen molar-refractivity contribution in [1.29, 1.82) is 5.26 Å². The van der Waals surface area contributed by atoms with Crippen LogP contribution >= 0.6 is 11.3 Å². The first-order chi connectivity index (χ1) is 20.9. The zero-order chi connectivity index (χ0) is 32.3. The molecule has 1 atom stereocenters. The van der Waals surface area contributed by atoms with Crippen molar-refractivity contribution >= 4 is 45.5 Å². The molecule has 0 aliphatic carbocycles. The number of carboxylic acid groups (broad SMARTS) is 1. The molecule has 1 fully saturated rings. The third-order valence-corrected chi connectivity index (χ3v) is 8.84. The van der Waals surface area contributed by atoms with Crippen LogP contribution in [0.3, 0.4) is 0 Å². The molecule has 0 bridgehead atoms.